The predicted octanol–water partition coefficient (Wildman–Crippen LogP) is 6.61. The van der Waals surface area contributed by atoms with Gasteiger partial charge in [0.15, 0.2) is 0 Å². The highest BCUT2D eigenvalue weighted by atomic mass is 35.5. The number of anilines is 1. The van der Waals surface area contributed by atoms with Crippen LogP contribution in [-0.2, 0) is 31.0 Å². The molecule has 1 amide bonds. The lowest BCUT2D eigenvalue weighted by Gasteiger charge is -2.50. The molecule has 0 saturated heterocycles. The van der Waals surface area contributed by atoms with Crippen LogP contribution in [0.15, 0.2) is 48.6 Å². The Balaban J connectivity index is 1.46. The smallest absolute Gasteiger partial charge is 0.262 e. The lowest BCUT2D eigenvalue weighted by molar-refractivity contribution is -0.0887. The van der Waals surface area contributed by atoms with Crippen molar-refractivity contribution < 1.29 is 23.2 Å². The van der Waals surface area contributed by atoms with E-state index in [9.17, 15) is 9.00 Å². The molecule has 250 valence electrons. The number of nitrogens with zero attached hydrogens (tertiary/aromatic N) is 1. The molecule has 7 atom stereocenters. The first-order chi connectivity index (χ1) is 22.0. The van der Waals surface area contributed by atoms with Gasteiger partial charge in [0.05, 0.1) is 27.6 Å². The highest BCUT2D eigenvalue weighted by molar-refractivity contribution is 7.99. The molecule has 1 unspecified atom stereocenters. The molecule has 9 heteroatoms. The number of hydrogen-bond donors (Lipinski definition) is 1. The van der Waals surface area contributed by atoms with Crippen molar-refractivity contribution in [2.45, 2.75) is 75.1 Å². The van der Waals surface area contributed by atoms with Gasteiger partial charge in [-0.05, 0) is 111 Å². The number of amides is 1. The molecule has 2 aromatic carbocycles. The van der Waals surface area contributed by atoms with Crippen LogP contribution in [-0.4, -0.2) is 67.4 Å². The molecule has 2 aliphatic heterocycles. The quantitative estimate of drug-likeness (QED) is 0.292. The van der Waals surface area contributed by atoms with E-state index in [2.05, 4.69) is 46.7 Å². The zero-order valence-corrected chi connectivity index (χ0v) is 29.3. The highest BCUT2D eigenvalue weighted by Gasteiger charge is 2.49. The zero-order chi connectivity index (χ0) is 32.7. The van der Waals surface area contributed by atoms with E-state index >= 15 is 0 Å². The summed E-state index contributed by atoms with van der Waals surface area (Å²) in [5.74, 6) is 5.11. The second kappa shape index (κ2) is 13.2. The van der Waals surface area contributed by atoms with Gasteiger partial charge in [0, 0.05) is 61.6 Å². The van der Waals surface area contributed by atoms with Crippen LogP contribution in [0.1, 0.15) is 73.9 Å². The fraction of sp³-hybridized carbons (Fsp3) is 0.568. The molecule has 2 heterocycles. The minimum atomic E-state index is -2.93. The van der Waals surface area contributed by atoms with Crippen LogP contribution in [0.25, 0.3) is 0 Å². The van der Waals surface area contributed by atoms with E-state index in [0.29, 0.717) is 37.0 Å². The summed E-state index contributed by atoms with van der Waals surface area (Å²) in [5, 5.41) is 0.430. The molecule has 4 aliphatic rings. The van der Waals surface area contributed by atoms with Gasteiger partial charge in [0.1, 0.15) is 5.75 Å². The van der Waals surface area contributed by atoms with Crippen molar-refractivity contribution in [1.82, 2.24) is 4.72 Å². The first kappa shape index (κ1) is 33.4. The standard InChI is InChI=1S/C37H49ClN2O5S/c1-25-8-6-17-37(44-4,18-19-43-3)32-13-10-29(32)22-40-23-36(16-7-9-27-20-30(38)12-14-31(27)36)24-45-34-15-11-28(21-33(34)40)35(41)39-46(5,42)26(25)2/h6,11-12,14-15,17,20-21,25-26,29,32H,5,7-10,13,16,18-19,22-24H2,1-4H3,(H,39,41,42)/b17-6+/t25-,26+,29-,32+,36-,37+,46?/m0/s1. The number of fused-ring (bicyclic) bond motifs is 4. The average Bonchev–Trinajstić information content (AvgIpc) is 3.17. The number of nitrogens with one attached hydrogen (secondary N) is 1. The van der Waals surface area contributed by atoms with Gasteiger partial charge in [-0.25, -0.2) is 4.21 Å². The molecule has 2 bridgehead atoms. The minimum Gasteiger partial charge on any atom is -0.490 e. The minimum absolute atomic E-state index is 0.0315. The Labute approximate surface area is 280 Å². The third-order valence-corrected chi connectivity index (χ3v) is 13.9. The van der Waals surface area contributed by atoms with E-state index in [1.54, 1.807) is 13.2 Å². The third kappa shape index (κ3) is 6.23. The maximum atomic E-state index is 13.8. The number of carbonyl (C=O) groups excluding carboxylic acids is 1. The molecule has 46 heavy (non-hydrogen) atoms. The van der Waals surface area contributed by atoms with Crippen molar-refractivity contribution in [3.05, 3.63) is 70.3 Å². The van der Waals surface area contributed by atoms with Gasteiger partial charge in [-0.3, -0.25) is 9.52 Å². The number of rotatable bonds is 4. The lowest BCUT2D eigenvalue weighted by atomic mass is 9.63. The van der Waals surface area contributed by atoms with Crippen LogP contribution < -0.4 is 14.4 Å². The molecular formula is C37H49ClN2O5S. The number of aryl methyl sites for hydroxylation is 1. The van der Waals surface area contributed by atoms with Crippen molar-refractivity contribution in [1.29, 1.82) is 0 Å². The second-order valence-electron chi connectivity index (χ2n) is 14.1. The summed E-state index contributed by atoms with van der Waals surface area (Å²) in [4.78, 5) is 16.1. The summed E-state index contributed by atoms with van der Waals surface area (Å²) in [6, 6.07) is 11.9. The summed E-state index contributed by atoms with van der Waals surface area (Å²) >= 11 is 6.46. The molecule has 1 fully saturated rings. The second-order valence-corrected chi connectivity index (χ2v) is 16.9. The average molecular weight is 669 g/mol. The van der Waals surface area contributed by atoms with Crippen molar-refractivity contribution >= 4 is 38.8 Å². The van der Waals surface area contributed by atoms with Crippen molar-refractivity contribution in [2.24, 2.45) is 17.8 Å². The molecule has 0 aromatic heterocycles. The van der Waals surface area contributed by atoms with Crippen LogP contribution in [0, 0.1) is 17.8 Å². The first-order valence-corrected chi connectivity index (χ1v) is 18.9. The number of benzene rings is 2. The molecule has 7 nitrogen and oxygen atoms in total. The van der Waals surface area contributed by atoms with E-state index in [0.717, 1.165) is 68.1 Å². The Morgan fingerprint density at radius 3 is 2.74 bits per heavy atom. The molecule has 1 N–H and O–H groups in total. The van der Waals surface area contributed by atoms with Crippen molar-refractivity contribution in [3.63, 3.8) is 0 Å². The largest absolute Gasteiger partial charge is 0.490 e. The topological polar surface area (TPSA) is 77.1 Å². The molecule has 0 radical (unpaired) electrons. The fourth-order valence-corrected chi connectivity index (χ4v) is 9.98. The Kier molecular flexibility index (Phi) is 9.56. The van der Waals surface area contributed by atoms with Gasteiger partial charge in [0.2, 0.25) is 0 Å². The number of hydrogen-bond acceptors (Lipinski definition) is 6. The summed E-state index contributed by atoms with van der Waals surface area (Å²) in [7, 11) is 0.624. The Morgan fingerprint density at radius 2 is 2.00 bits per heavy atom. The summed E-state index contributed by atoms with van der Waals surface area (Å²) in [6.45, 7) is 6.69. The maximum Gasteiger partial charge on any atom is 0.262 e. The van der Waals surface area contributed by atoms with Gasteiger partial charge in [-0.2, -0.15) is 0 Å². The van der Waals surface area contributed by atoms with Gasteiger partial charge in [-0.15, -0.1) is 0 Å². The number of ether oxygens (including phenoxy) is 3. The summed E-state index contributed by atoms with van der Waals surface area (Å²) < 4.78 is 35.3. The van der Waals surface area contributed by atoms with Gasteiger partial charge >= 0.3 is 0 Å². The molecule has 1 saturated carbocycles. The molecule has 2 aromatic rings. The van der Waals surface area contributed by atoms with Crippen molar-refractivity contribution in [3.8, 4) is 5.75 Å². The highest BCUT2D eigenvalue weighted by Crippen LogP contribution is 2.49. The number of halogens is 1. The van der Waals surface area contributed by atoms with Gasteiger partial charge < -0.3 is 19.1 Å². The number of methoxy groups -OCH3 is 2. The maximum absolute atomic E-state index is 13.8. The molecular weight excluding hydrogens is 620 g/mol. The molecule has 1 spiro atoms. The van der Waals surface area contributed by atoms with Gasteiger partial charge in [-0.1, -0.05) is 36.7 Å². The van der Waals surface area contributed by atoms with E-state index in [1.807, 2.05) is 32.2 Å². The predicted molar refractivity (Wildman–Crippen MR) is 188 cm³/mol. The Morgan fingerprint density at radius 1 is 1.17 bits per heavy atom. The Bertz CT molecular complexity index is 1590. The molecule has 6 rings (SSSR count). The summed E-state index contributed by atoms with van der Waals surface area (Å²) in [6.07, 6.45) is 11.1. The number of allylic oxidation sites excluding steroid dienone is 1. The van der Waals surface area contributed by atoms with Crippen LogP contribution in [0.5, 0.6) is 5.75 Å². The SMILES string of the molecule is C=S1(=O)NC(=O)c2ccc3c(c2)N(C[C@@H]2CC[C@H]2[C@@](CCOC)(OC)/C=C/C[C@H](C)[C@H]1C)C[C@@]1(CCCc2cc(Cl)ccc21)CO3. The Hall–Kier alpha value is -2.52. The van der Waals surface area contributed by atoms with E-state index in [-0.39, 0.29) is 22.5 Å². The monoisotopic (exact) mass is 668 g/mol. The van der Waals surface area contributed by atoms with Crippen LogP contribution in [0.3, 0.4) is 0 Å². The molecule has 2 aliphatic carbocycles. The van der Waals surface area contributed by atoms with Crippen LogP contribution in [0.4, 0.5) is 5.69 Å². The number of carbonyl (C=O) groups is 1. The van der Waals surface area contributed by atoms with E-state index < -0.39 is 15.3 Å². The van der Waals surface area contributed by atoms with Crippen LogP contribution in [0.2, 0.25) is 5.02 Å². The lowest BCUT2D eigenvalue weighted by Crippen LogP contribution is -2.53. The normalized spacial score (nSPS) is 35.2. The fourth-order valence-electron chi connectivity index (χ4n) is 8.30. The van der Waals surface area contributed by atoms with E-state index in [1.165, 1.54) is 11.1 Å². The van der Waals surface area contributed by atoms with Gasteiger partial charge in [0.25, 0.3) is 5.91 Å². The first-order valence-electron chi connectivity index (χ1n) is 16.7. The zero-order valence-electron chi connectivity index (χ0n) is 27.7. The summed E-state index contributed by atoms with van der Waals surface area (Å²) in [5.41, 5.74) is 3.26. The third-order valence-electron chi connectivity index (χ3n) is 11.5. The van der Waals surface area contributed by atoms with E-state index in [4.69, 9.17) is 25.8 Å². The van der Waals surface area contributed by atoms with Crippen LogP contribution >= 0.6 is 11.6 Å². The van der Waals surface area contributed by atoms with Crippen molar-refractivity contribution in [2.75, 3.05) is 45.4 Å².